The van der Waals surface area contributed by atoms with Crippen molar-refractivity contribution in [3.8, 4) is 5.75 Å². The van der Waals surface area contributed by atoms with Crippen LogP contribution >= 0.6 is 0 Å². The van der Waals surface area contributed by atoms with Gasteiger partial charge in [0.2, 0.25) is 0 Å². The van der Waals surface area contributed by atoms with E-state index in [1.165, 1.54) is 24.8 Å². The van der Waals surface area contributed by atoms with E-state index in [0.29, 0.717) is 24.8 Å². The molecule has 0 atom stereocenters. The largest absolute Gasteiger partial charge is 0.497 e. The van der Waals surface area contributed by atoms with E-state index in [1.54, 1.807) is 4.90 Å². The molecule has 3 rings (SSSR count). The van der Waals surface area contributed by atoms with E-state index in [-0.39, 0.29) is 18.1 Å². The minimum atomic E-state index is -0.854. The van der Waals surface area contributed by atoms with Crippen LogP contribution in [0, 0.1) is 11.7 Å². The van der Waals surface area contributed by atoms with Crippen LogP contribution in [-0.2, 0) is 16.0 Å². The van der Waals surface area contributed by atoms with E-state index < -0.39 is 11.8 Å². The van der Waals surface area contributed by atoms with Crippen molar-refractivity contribution in [1.29, 1.82) is 0 Å². The van der Waals surface area contributed by atoms with Gasteiger partial charge in [-0.3, -0.25) is 4.79 Å². The third-order valence-electron chi connectivity index (χ3n) is 5.06. The van der Waals surface area contributed by atoms with Crippen molar-refractivity contribution in [2.45, 2.75) is 19.3 Å². The summed E-state index contributed by atoms with van der Waals surface area (Å²) in [4.78, 5) is 26.1. The summed E-state index contributed by atoms with van der Waals surface area (Å²) in [5.74, 6) is -0.989. The Bertz CT molecular complexity index is 817. The molecule has 28 heavy (non-hydrogen) atoms. The van der Waals surface area contributed by atoms with Crippen LogP contribution in [0.4, 0.5) is 4.39 Å². The van der Waals surface area contributed by atoms with Crippen molar-refractivity contribution >= 4 is 11.9 Å². The zero-order chi connectivity index (χ0) is 19.9. The highest BCUT2D eigenvalue weighted by Crippen LogP contribution is 2.22. The first-order valence-electron chi connectivity index (χ1n) is 9.39. The number of halogens is 1. The van der Waals surface area contributed by atoms with Crippen LogP contribution < -0.4 is 4.74 Å². The quantitative estimate of drug-likeness (QED) is 0.715. The number of amides is 1. The first-order chi connectivity index (χ1) is 13.6. The topological polar surface area (TPSA) is 55.8 Å². The summed E-state index contributed by atoms with van der Waals surface area (Å²) in [6, 6.07) is 14.2. The number of ether oxygens (including phenoxy) is 2. The second-order valence-electron chi connectivity index (χ2n) is 6.94. The highest BCUT2D eigenvalue weighted by molar-refractivity contribution is 5.91. The van der Waals surface area contributed by atoms with Gasteiger partial charge < -0.3 is 14.4 Å². The van der Waals surface area contributed by atoms with Crippen LogP contribution in [0.2, 0.25) is 0 Å². The number of hydrogen-bond acceptors (Lipinski definition) is 4. The second kappa shape index (κ2) is 9.35. The Morgan fingerprint density at radius 1 is 1.11 bits per heavy atom. The minimum absolute atomic E-state index is 0.213. The van der Waals surface area contributed by atoms with E-state index >= 15 is 0 Å². The fraction of sp³-hybridized carbons (Fsp3) is 0.364. The van der Waals surface area contributed by atoms with Gasteiger partial charge >= 0.3 is 5.97 Å². The van der Waals surface area contributed by atoms with E-state index in [0.717, 1.165) is 25.3 Å². The van der Waals surface area contributed by atoms with Gasteiger partial charge in [0.25, 0.3) is 5.91 Å². The number of piperidine rings is 1. The molecule has 0 aliphatic carbocycles. The molecule has 0 saturated carbocycles. The molecule has 1 heterocycles. The normalized spacial score (nSPS) is 14.6. The molecule has 0 unspecified atom stereocenters. The fourth-order valence-corrected chi connectivity index (χ4v) is 3.42. The summed E-state index contributed by atoms with van der Waals surface area (Å²) in [6.07, 6.45) is 2.85. The molecule has 1 aliphatic rings. The van der Waals surface area contributed by atoms with Gasteiger partial charge in [0.05, 0.1) is 12.7 Å². The van der Waals surface area contributed by atoms with E-state index in [2.05, 4.69) is 12.1 Å². The molecular weight excluding hydrogens is 361 g/mol. The molecule has 0 aromatic heterocycles. The molecule has 6 heteroatoms. The zero-order valence-electron chi connectivity index (χ0n) is 15.9. The first kappa shape index (κ1) is 19.9. The SMILES string of the molecule is COc1ccc(C(=O)OCC(=O)N2CCC(Cc3ccccc3)CC2)c(F)c1. The van der Waals surface area contributed by atoms with Crippen molar-refractivity contribution in [2.24, 2.45) is 5.92 Å². The van der Waals surface area contributed by atoms with Gasteiger partial charge in [-0.15, -0.1) is 0 Å². The van der Waals surface area contributed by atoms with Gasteiger partial charge in [-0.25, -0.2) is 9.18 Å². The number of carbonyl (C=O) groups is 2. The third kappa shape index (κ3) is 5.09. The molecule has 1 amide bonds. The number of carbonyl (C=O) groups excluding carboxylic acids is 2. The smallest absolute Gasteiger partial charge is 0.341 e. The highest BCUT2D eigenvalue weighted by atomic mass is 19.1. The van der Waals surface area contributed by atoms with Gasteiger partial charge in [-0.2, -0.15) is 0 Å². The average Bonchev–Trinajstić information content (AvgIpc) is 2.73. The van der Waals surface area contributed by atoms with Crippen LogP contribution in [0.3, 0.4) is 0 Å². The predicted octanol–water partition coefficient (Wildman–Crippen LogP) is 3.47. The predicted molar refractivity (Wildman–Crippen MR) is 103 cm³/mol. The Labute approximate surface area is 164 Å². The van der Waals surface area contributed by atoms with Gasteiger partial charge in [0.1, 0.15) is 11.6 Å². The van der Waals surface area contributed by atoms with Gasteiger partial charge in [-0.1, -0.05) is 30.3 Å². The highest BCUT2D eigenvalue weighted by Gasteiger charge is 2.24. The lowest BCUT2D eigenvalue weighted by Gasteiger charge is -2.32. The van der Waals surface area contributed by atoms with Crippen LogP contribution in [0.25, 0.3) is 0 Å². The summed E-state index contributed by atoms with van der Waals surface area (Å²) in [5.41, 5.74) is 1.10. The molecule has 2 aromatic rings. The summed E-state index contributed by atoms with van der Waals surface area (Å²) < 4.78 is 23.8. The number of hydrogen-bond donors (Lipinski definition) is 0. The Hall–Kier alpha value is -2.89. The minimum Gasteiger partial charge on any atom is -0.497 e. The maximum absolute atomic E-state index is 13.9. The third-order valence-corrected chi connectivity index (χ3v) is 5.06. The van der Waals surface area contributed by atoms with Crippen molar-refractivity contribution < 1.29 is 23.5 Å². The number of likely N-dealkylation sites (tertiary alicyclic amines) is 1. The summed E-state index contributed by atoms with van der Waals surface area (Å²) >= 11 is 0. The van der Waals surface area contributed by atoms with Crippen LogP contribution in [0.15, 0.2) is 48.5 Å². The number of benzene rings is 2. The van der Waals surface area contributed by atoms with Crippen LogP contribution in [0.1, 0.15) is 28.8 Å². The zero-order valence-corrected chi connectivity index (χ0v) is 15.9. The standard InChI is InChI=1S/C22H24FNO4/c1-27-18-7-8-19(20(23)14-18)22(26)28-15-21(25)24-11-9-17(10-12-24)13-16-5-3-2-4-6-16/h2-8,14,17H,9-13,15H2,1H3. The Balaban J connectivity index is 1.45. The Morgan fingerprint density at radius 3 is 2.46 bits per heavy atom. The lowest BCUT2D eigenvalue weighted by Crippen LogP contribution is -2.41. The lowest BCUT2D eigenvalue weighted by molar-refractivity contribution is -0.135. The number of nitrogens with zero attached hydrogens (tertiary/aromatic N) is 1. The molecule has 1 fully saturated rings. The molecule has 5 nitrogen and oxygen atoms in total. The molecule has 148 valence electrons. The number of rotatable bonds is 6. The van der Waals surface area contributed by atoms with Crippen LogP contribution in [0.5, 0.6) is 5.75 Å². The summed E-state index contributed by atoms with van der Waals surface area (Å²) in [5, 5.41) is 0. The van der Waals surface area contributed by atoms with Gasteiger partial charge in [-0.05, 0) is 42.9 Å². The molecule has 1 aliphatic heterocycles. The van der Waals surface area contributed by atoms with Crippen molar-refractivity contribution in [1.82, 2.24) is 4.90 Å². The Morgan fingerprint density at radius 2 is 1.82 bits per heavy atom. The second-order valence-corrected chi connectivity index (χ2v) is 6.94. The summed E-state index contributed by atoms with van der Waals surface area (Å²) in [6.45, 7) is 0.906. The maximum Gasteiger partial charge on any atom is 0.341 e. The molecule has 0 bridgehead atoms. The molecule has 2 aromatic carbocycles. The van der Waals surface area contributed by atoms with Crippen molar-refractivity contribution in [3.63, 3.8) is 0 Å². The summed E-state index contributed by atoms with van der Waals surface area (Å²) in [7, 11) is 1.41. The molecule has 1 saturated heterocycles. The Kier molecular flexibility index (Phi) is 6.63. The van der Waals surface area contributed by atoms with Crippen molar-refractivity contribution in [2.75, 3.05) is 26.8 Å². The lowest BCUT2D eigenvalue weighted by atomic mass is 9.90. The maximum atomic E-state index is 13.9. The van der Waals surface area contributed by atoms with E-state index in [9.17, 15) is 14.0 Å². The molecular formula is C22H24FNO4. The number of esters is 1. The molecule has 0 N–H and O–H groups in total. The van der Waals surface area contributed by atoms with Gasteiger partial charge in [0.15, 0.2) is 6.61 Å². The monoisotopic (exact) mass is 385 g/mol. The van der Waals surface area contributed by atoms with Crippen LogP contribution in [-0.4, -0.2) is 43.6 Å². The molecule has 0 spiro atoms. The van der Waals surface area contributed by atoms with Crippen molar-refractivity contribution in [3.05, 3.63) is 65.5 Å². The average molecular weight is 385 g/mol. The molecule has 0 radical (unpaired) electrons. The number of methoxy groups -OCH3 is 1. The van der Waals surface area contributed by atoms with E-state index in [4.69, 9.17) is 9.47 Å². The van der Waals surface area contributed by atoms with Gasteiger partial charge in [0, 0.05) is 19.2 Å². The van der Waals surface area contributed by atoms with E-state index in [1.807, 2.05) is 18.2 Å². The first-order valence-corrected chi connectivity index (χ1v) is 9.39. The fourth-order valence-electron chi connectivity index (χ4n) is 3.42.